The molecule has 10 heteroatoms. The maximum Gasteiger partial charge on any atom is 0.254 e. The summed E-state index contributed by atoms with van der Waals surface area (Å²) in [4.78, 5) is 27.1. The van der Waals surface area contributed by atoms with Crippen LogP contribution in [0, 0.1) is 0 Å². The van der Waals surface area contributed by atoms with Crippen LogP contribution >= 0.6 is 23.5 Å². The van der Waals surface area contributed by atoms with Gasteiger partial charge in [-0.1, -0.05) is 0 Å². The lowest BCUT2D eigenvalue weighted by Gasteiger charge is -2.31. The summed E-state index contributed by atoms with van der Waals surface area (Å²) >= 11 is 3.17. The predicted octanol–water partition coefficient (Wildman–Crippen LogP) is 3.95. The molecular weight excluding hydrogens is 524 g/mol. The molecule has 8 nitrogen and oxygen atoms in total. The fraction of sp³-hybridized carbons (Fsp3) is 0.643. The summed E-state index contributed by atoms with van der Waals surface area (Å²) in [5, 5.41) is 42.8. The quantitative estimate of drug-likeness (QED) is 0.323. The second kappa shape index (κ2) is 11.3. The van der Waals surface area contributed by atoms with Crippen molar-refractivity contribution in [3.8, 4) is 11.8 Å². The van der Waals surface area contributed by atoms with Crippen LogP contribution in [0.1, 0.15) is 77.3 Å². The number of thioether (sulfide) groups is 2. The molecule has 4 N–H and O–H groups in total. The van der Waals surface area contributed by atoms with E-state index in [9.17, 15) is 30.0 Å². The van der Waals surface area contributed by atoms with Crippen molar-refractivity contribution >= 4 is 23.5 Å². The molecule has 0 bridgehead atoms. The number of aliphatic hydroxyl groups is 2. The highest BCUT2D eigenvalue weighted by molar-refractivity contribution is 7.99. The van der Waals surface area contributed by atoms with Crippen molar-refractivity contribution in [2.24, 2.45) is 0 Å². The molecule has 4 heterocycles. The highest BCUT2D eigenvalue weighted by atomic mass is 32.2. The Hall–Kier alpha value is -1.88. The fourth-order valence-corrected chi connectivity index (χ4v) is 7.74. The van der Waals surface area contributed by atoms with E-state index in [1.54, 1.807) is 35.7 Å². The predicted molar refractivity (Wildman–Crippen MR) is 152 cm³/mol. The number of hydrogen-bond acceptors (Lipinski definition) is 8. The molecule has 0 radical (unpaired) electrons. The van der Waals surface area contributed by atoms with Crippen molar-refractivity contribution in [3.05, 3.63) is 44.0 Å². The Morgan fingerprint density at radius 1 is 0.737 bits per heavy atom. The maximum absolute atomic E-state index is 12.7. The van der Waals surface area contributed by atoms with Crippen molar-refractivity contribution in [1.29, 1.82) is 0 Å². The van der Waals surface area contributed by atoms with Crippen LogP contribution in [0.5, 0.6) is 11.8 Å². The van der Waals surface area contributed by atoms with Crippen LogP contribution in [-0.4, -0.2) is 53.3 Å². The zero-order chi connectivity index (χ0) is 27.8. The first-order valence-corrected chi connectivity index (χ1v) is 15.4. The Labute approximate surface area is 232 Å². The number of rotatable bonds is 11. The van der Waals surface area contributed by atoms with Gasteiger partial charge in [-0.05, 0) is 79.1 Å². The molecular formula is C28H40N2O6S2. The highest BCUT2D eigenvalue weighted by Crippen LogP contribution is 2.39. The third-order valence-electron chi connectivity index (χ3n) is 7.95. The van der Waals surface area contributed by atoms with E-state index in [0.717, 1.165) is 45.3 Å². The van der Waals surface area contributed by atoms with Gasteiger partial charge in [0.1, 0.15) is 0 Å². The van der Waals surface area contributed by atoms with Gasteiger partial charge in [0.05, 0.1) is 12.2 Å². The largest absolute Gasteiger partial charge is 0.494 e. The zero-order valence-electron chi connectivity index (χ0n) is 22.7. The van der Waals surface area contributed by atoms with Crippen LogP contribution in [0.25, 0.3) is 0 Å². The SMILES string of the molecule is CC(C)(CCC(O)CCC(O)CCC(C)(C)n1c(O)c2c(cc1=O)SCC2)n1c(O)c2c(cc1=O)SCC2. The van der Waals surface area contributed by atoms with E-state index in [0.29, 0.717) is 38.5 Å². The standard InChI is InChI=1S/C28H40N2O6S2/c1-27(2,29-23(33)15-21-19(25(29)35)9-13-37-21)11-7-17(31)5-6-18(32)8-12-28(3,4)30-24(34)16-22-20(26(30)36)10-14-38-22/h15-18,31-32,35-36H,5-14H2,1-4H3. The molecule has 38 heavy (non-hydrogen) atoms. The minimum atomic E-state index is -0.670. The van der Waals surface area contributed by atoms with Gasteiger partial charge in [0, 0.05) is 55.6 Å². The molecule has 210 valence electrons. The second-order valence-corrected chi connectivity index (χ2v) is 14.0. The number of hydrogen-bond donors (Lipinski definition) is 4. The van der Waals surface area contributed by atoms with E-state index in [4.69, 9.17) is 0 Å². The number of aromatic nitrogens is 2. The van der Waals surface area contributed by atoms with E-state index in [1.165, 1.54) is 9.13 Å². The molecule has 0 spiro atoms. The Morgan fingerprint density at radius 3 is 1.47 bits per heavy atom. The van der Waals surface area contributed by atoms with Gasteiger partial charge in [0.15, 0.2) is 11.8 Å². The van der Waals surface area contributed by atoms with E-state index in [2.05, 4.69) is 0 Å². The summed E-state index contributed by atoms with van der Waals surface area (Å²) in [6.07, 6.45) is 2.82. The van der Waals surface area contributed by atoms with Crippen LogP contribution in [0.3, 0.4) is 0 Å². The van der Waals surface area contributed by atoms with E-state index in [-0.39, 0.29) is 22.9 Å². The molecule has 2 aliphatic rings. The Kier molecular flexibility index (Phi) is 8.67. The highest BCUT2D eigenvalue weighted by Gasteiger charge is 2.31. The monoisotopic (exact) mass is 564 g/mol. The van der Waals surface area contributed by atoms with E-state index < -0.39 is 23.3 Å². The van der Waals surface area contributed by atoms with Crippen LogP contribution in [-0.2, 0) is 23.9 Å². The van der Waals surface area contributed by atoms with Crippen molar-refractivity contribution < 1.29 is 20.4 Å². The number of fused-ring (bicyclic) bond motifs is 2. The minimum Gasteiger partial charge on any atom is -0.494 e. The van der Waals surface area contributed by atoms with Crippen LogP contribution in [0.4, 0.5) is 0 Å². The first-order chi connectivity index (χ1) is 17.8. The molecule has 0 aromatic carbocycles. The summed E-state index contributed by atoms with van der Waals surface area (Å²) in [5.74, 6) is 1.77. The molecule has 2 aromatic heterocycles. The zero-order valence-corrected chi connectivity index (χ0v) is 24.3. The topological polar surface area (TPSA) is 125 Å². The van der Waals surface area contributed by atoms with Gasteiger partial charge in [0.2, 0.25) is 0 Å². The molecule has 2 unspecified atom stereocenters. The van der Waals surface area contributed by atoms with Gasteiger partial charge >= 0.3 is 0 Å². The average molecular weight is 565 g/mol. The molecule has 2 aliphatic heterocycles. The molecule has 0 saturated heterocycles. The molecule has 0 saturated carbocycles. The van der Waals surface area contributed by atoms with Gasteiger partial charge in [-0.15, -0.1) is 23.5 Å². The molecule has 0 fully saturated rings. The summed E-state index contributed by atoms with van der Waals surface area (Å²) in [6.45, 7) is 7.56. The summed E-state index contributed by atoms with van der Waals surface area (Å²) in [5.41, 5.74) is -0.166. The number of aliphatic hydroxyl groups excluding tert-OH is 2. The molecule has 4 rings (SSSR count). The number of nitrogens with zero attached hydrogens (tertiary/aromatic N) is 2. The lowest BCUT2D eigenvalue weighted by molar-refractivity contribution is 0.0873. The normalized spacial score (nSPS) is 16.9. The Balaban J connectivity index is 1.29. The van der Waals surface area contributed by atoms with Crippen molar-refractivity contribution in [3.63, 3.8) is 0 Å². The number of pyridine rings is 2. The third kappa shape index (κ3) is 5.98. The summed E-state index contributed by atoms with van der Waals surface area (Å²) < 4.78 is 2.88. The van der Waals surface area contributed by atoms with Gasteiger partial charge < -0.3 is 20.4 Å². The smallest absolute Gasteiger partial charge is 0.254 e. The van der Waals surface area contributed by atoms with Crippen molar-refractivity contribution in [2.45, 2.75) is 112 Å². The summed E-state index contributed by atoms with van der Waals surface area (Å²) in [6, 6.07) is 3.19. The first kappa shape index (κ1) is 29.1. The van der Waals surface area contributed by atoms with E-state index >= 15 is 0 Å². The van der Waals surface area contributed by atoms with Gasteiger partial charge in [-0.25, -0.2) is 0 Å². The lowest BCUT2D eigenvalue weighted by atomic mass is 9.91. The van der Waals surface area contributed by atoms with Gasteiger partial charge in [-0.3, -0.25) is 18.7 Å². The Bertz CT molecular complexity index is 1200. The Morgan fingerprint density at radius 2 is 1.11 bits per heavy atom. The van der Waals surface area contributed by atoms with Crippen LogP contribution in [0.15, 0.2) is 31.5 Å². The van der Waals surface area contributed by atoms with Crippen molar-refractivity contribution in [1.82, 2.24) is 9.13 Å². The van der Waals surface area contributed by atoms with Gasteiger partial charge in [-0.2, -0.15) is 0 Å². The molecule has 0 amide bonds. The molecule has 2 atom stereocenters. The third-order valence-corrected chi connectivity index (χ3v) is 10.1. The number of aromatic hydroxyl groups is 2. The average Bonchev–Trinajstić information content (AvgIpc) is 3.49. The molecule has 2 aromatic rings. The lowest BCUT2D eigenvalue weighted by Crippen LogP contribution is -2.37. The van der Waals surface area contributed by atoms with Crippen LogP contribution in [0.2, 0.25) is 0 Å². The van der Waals surface area contributed by atoms with Crippen molar-refractivity contribution in [2.75, 3.05) is 11.5 Å². The fourth-order valence-electron chi connectivity index (χ4n) is 5.59. The molecule has 0 aliphatic carbocycles. The summed E-state index contributed by atoms with van der Waals surface area (Å²) in [7, 11) is 0. The van der Waals surface area contributed by atoms with Crippen LogP contribution < -0.4 is 11.1 Å². The second-order valence-electron chi connectivity index (χ2n) is 11.8. The minimum absolute atomic E-state index is 0.0299. The first-order valence-electron chi connectivity index (χ1n) is 13.4. The maximum atomic E-state index is 12.7. The van der Waals surface area contributed by atoms with Gasteiger partial charge in [0.25, 0.3) is 11.1 Å². The van der Waals surface area contributed by atoms with E-state index in [1.807, 2.05) is 27.7 Å².